The average Bonchev–Trinajstić information content (AvgIpc) is 2.59. The molecular weight excluding hydrogens is 174 g/mol. The van der Waals surface area contributed by atoms with Crippen LogP contribution in [0.4, 0.5) is 0 Å². The van der Waals surface area contributed by atoms with E-state index in [1.807, 2.05) is 0 Å². The number of carbonyl (C=O) groups excluding carboxylic acids is 1. The van der Waals surface area contributed by atoms with E-state index in [9.17, 15) is 4.79 Å². The highest BCUT2D eigenvalue weighted by molar-refractivity contribution is 5.93. The zero-order valence-electron chi connectivity index (χ0n) is 6.94. The molecule has 0 atom stereocenters. The van der Waals surface area contributed by atoms with Crippen LogP contribution < -0.4 is 0 Å². The van der Waals surface area contributed by atoms with Gasteiger partial charge in [-0.3, -0.25) is 0 Å². The Morgan fingerprint density at radius 2 is 2.23 bits per heavy atom. The van der Waals surface area contributed by atoms with Gasteiger partial charge in [-0.05, 0) is 6.92 Å². The monoisotopic (exact) mass is 181 g/mol. The van der Waals surface area contributed by atoms with Crippen molar-refractivity contribution in [3.63, 3.8) is 0 Å². The predicted octanol–water partition coefficient (Wildman–Crippen LogP) is 0.803. The van der Waals surface area contributed by atoms with Gasteiger partial charge in [-0.2, -0.15) is 5.26 Å². The van der Waals surface area contributed by atoms with Gasteiger partial charge in [0.25, 0.3) is 0 Å². The summed E-state index contributed by atoms with van der Waals surface area (Å²) in [7, 11) is 0. The van der Waals surface area contributed by atoms with E-state index >= 15 is 0 Å². The molecule has 0 unspecified atom stereocenters. The summed E-state index contributed by atoms with van der Waals surface area (Å²) >= 11 is 0. The summed E-state index contributed by atoms with van der Waals surface area (Å²) < 4.78 is 14.1. The number of ether oxygens (including phenoxy) is 3. The molecule has 0 fully saturated rings. The van der Waals surface area contributed by atoms with E-state index in [2.05, 4.69) is 4.74 Å². The number of hydrogen-bond acceptors (Lipinski definition) is 5. The first kappa shape index (κ1) is 9.13. The second kappa shape index (κ2) is 4.16. The fraction of sp³-hybridized carbons (Fsp3) is 0.250. The predicted molar refractivity (Wildman–Crippen MR) is 40.6 cm³/mol. The minimum atomic E-state index is -0.747. The van der Waals surface area contributed by atoms with Crippen LogP contribution in [0, 0.1) is 11.3 Å². The summed E-state index contributed by atoms with van der Waals surface area (Å²) in [6.45, 7) is 1.84. The third-order valence-electron chi connectivity index (χ3n) is 1.20. The van der Waals surface area contributed by atoms with Crippen molar-refractivity contribution in [3.05, 3.63) is 24.0 Å². The zero-order valence-corrected chi connectivity index (χ0v) is 6.94. The molecular formula is C8H7NO4. The van der Waals surface area contributed by atoms with Crippen molar-refractivity contribution >= 4 is 5.97 Å². The molecule has 5 nitrogen and oxygen atoms in total. The van der Waals surface area contributed by atoms with Gasteiger partial charge in [0.2, 0.25) is 5.57 Å². The molecule has 0 aliphatic carbocycles. The normalized spacial score (nSPS) is 12.8. The molecule has 1 aliphatic rings. The maximum atomic E-state index is 11.1. The summed E-state index contributed by atoms with van der Waals surface area (Å²) in [5.74, 6) is -0.885. The van der Waals surface area contributed by atoms with Crippen LogP contribution in [0.5, 0.6) is 0 Å². The topological polar surface area (TPSA) is 68.6 Å². The van der Waals surface area contributed by atoms with Gasteiger partial charge in [0.05, 0.1) is 6.61 Å². The molecule has 0 aromatic heterocycles. The van der Waals surface area contributed by atoms with Gasteiger partial charge in [0, 0.05) is 0 Å². The Labute approximate surface area is 74.8 Å². The molecule has 1 aliphatic heterocycles. The quantitative estimate of drug-likeness (QED) is 0.358. The maximum Gasteiger partial charge on any atom is 0.356 e. The maximum absolute atomic E-state index is 11.1. The first-order valence-corrected chi connectivity index (χ1v) is 3.59. The highest BCUT2D eigenvalue weighted by Crippen LogP contribution is 2.15. The lowest BCUT2D eigenvalue weighted by Gasteiger charge is -2.01. The average molecular weight is 181 g/mol. The molecule has 0 saturated heterocycles. The van der Waals surface area contributed by atoms with Crippen LogP contribution >= 0.6 is 0 Å². The van der Waals surface area contributed by atoms with E-state index in [4.69, 9.17) is 14.7 Å². The Balaban J connectivity index is 2.79. The number of hydrogen-bond donors (Lipinski definition) is 0. The van der Waals surface area contributed by atoms with Gasteiger partial charge in [0.15, 0.2) is 0 Å². The molecule has 0 spiro atoms. The molecule has 0 radical (unpaired) electrons. The lowest BCUT2D eigenvalue weighted by Crippen LogP contribution is -2.09. The van der Waals surface area contributed by atoms with Crippen molar-refractivity contribution < 1.29 is 19.0 Å². The molecule has 0 amide bonds. The molecule has 68 valence electrons. The van der Waals surface area contributed by atoms with Crippen molar-refractivity contribution in [1.82, 2.24) is 0 Å². The van der Waals surface area contributed by atoms with Crippen molar-refractivity contribution in [2.75, 3.05) is 6.61 Å². The van der Waals surface area contributed by atoms with E-state index in [0.29, 0.717) is 0 Å². The summed E-state index contributed by atoms with van der Waals surface area (Å²) in [5.41, 5.74) is -0.271. The van der Waals surface area contributed by atoms with Crippen LogP contribution in [-0.4, -0.2) is 12.6 Å². The number of nitriles is 1. The lowest BCUT2D eigenvalue weighted by molar-refractivity contribution is -0.138. The van der Waals surface area contributed by atoms with Crippen molar-refractivity contribution in [3.8, 4) is 6.07 Å². The molecule has 0 saturated carbocycles. The Morgan fingerprint density at radius 3 is 2.69 bits per heavy atom. The third kappa shape index (κ3) is 1.99. The molecule has 0 aromatic rings. The van der Waals surface area contributed by atoms with Crippen molar-refractivity contribution in [2.45, 2.75) is 6.92 Å². The second-order valence-corrected chi connectivity index (χ2v) is 2.00. The van der Waals surface area contributed by atoms with Crippen molar-refractivity contribution in [1.29, 1.82) is 5.26 Å². The van der Waals surface area contributed by atoms with Crippen LogP contribution in [0.15, 0.2) is 24.0 Å². The van der Waals surface area contributed by atoms with Crippen LogP contribution in [0.3, 0.4) is 0 Å². The fourth-order valence-electron chi connectivity index (χ4n) is 0.703. The van der Waals surface area contributed by atoms with E-state index in [-0.39, 0.29) is 18.1 Å². The van der Waals surface area contributed by atoms with Crippen LogP contribution in [0.1, 0.15) is 6.92 Å². The molecule has 0 aromatic carbocycles. The minimum absolute atomic E-state index is 0.138. The highest BCUT2D eigenvalue weighted by Gasteiger charge is 2.21. The highest BCUT2D eigenvalue weighted by atomic mass is 16.7. The summed E-state index contributed by atoms with van der Waals surface area (Å²) in [6.07, 6.45) is 2.46. The number of esters is 1. The molecule has 5 heteroatoms. The van der Waals surface area contributed by atoms with Crippen LogP contribution in [0.2, 0.25) is 0 Å². The first-order chi connectivity index (χ1) is 6.29. The Bertz CT molecular complexity index is 301. The summed E-state index contributed by atoms with van der Waals surface area (Å²) in [5, 5.41) is 8.59. The molecule has 0 N–H and O–H groups in total. The molecule has 0 bridgehead atoms. The number of rotatable bonds is 2. The van der Waals surface area contributed by atoms with Crippen molar-refractivity contribution in [2.24, 2.45) is 0 Å². The van der Waals surface area contributed by atoms with Gasteiger partial charge in [-0.25, -0.2) is 4.79 Å². The van der Waals surface area contributed by atoms with Gasteiger partial charge in [-0.1, -0.05) is 0 Å². The van der Waals surface area contributed by atoms with E-state index in [1.165, 1.54) is 12.5 Å². The number of carbonyl (C=O) groups is 1. The van der Waals surface area contributed by atoms with Gasteiger partial charge >= 0.3 is 11.9 Å². The Hall–Kier alpha value is -1.96. The zero-order chi connectivity index (χ0) is 9.68. The third-order valence-corrected chi connectivity index (χ3v) is 1.20. The van der Waals surface area contributed by atoms with Crippen LogP contribution in [-0.2, 0) is 19.0 Å². The van der Waals surface area contributed by atoms with E-state index in [0.717, 1.165) is 0 Å². The van der Waals surface area contributed by atoms with Crippen LogP contribution in [0.25, 0.3) is 0 Å². The first-order valence-electron chi connectivity index (χ1n) is 3.59. The largest absolute Gasteiger partial charge is 0.462 e. The van der Waals surface area contributed by atoms with Gasteiger partial charge in [-0.15, -0.1) is 0 Å². The standard InChI is InChI=1S/C8H7NO4/c1-2-11-7(10)6(5-9)8-12-3-4-13-8/h3-4H,2H2,1H3. The number of nitrogens with zero attached hydrogens (tertiary/aromatic N) is 1. The Morgan fingerprint density at radius 1 is 1.62 bits per heavy atom. The smallest absolute Gasteiger partial charge is 0.356 e. The molecule has 1 heterocycles. The van der Waals surface area contributed by atoms with Gasteiger partial charge < -0.3 is 14.2 Å². The van der Waals surface area contributed by atoms with Gasteiger partial charge in [0.1, 0.15) is 18.6 Å². The SMILES string of the molecule is CCOC(=O)C(C#N)=C1OC=CO1. The summed E-state index contributed by atoms with van der Waals surface area (Å²) in [4.78, 5) is 11.1. The Kier molecular flexibility index (Phi) is 2.92. The lowest BCUT2D eigenvalue weighted by atomic mass is 10.3. The summed E-state index contributed by atoms with van der Waals surface area (Å²) in [6, 6.07) is 1.64. The second-order valence-electron chi connectivity index (χ2n) is 2.00. The minimum Gasteiger partial charge on any atom is -0.462 e. The molecule has 13 heavy (non-hydrogen) atoms. The van der Waals surface area contributed by atoms with E-state index in [1.54, 1.807) is 13.0 Å². The molecule has 1 rings (SSSR count). The fourth-order valence-corrected chi connectivity index (χ4v) is 0.703. The van der Waals surface area contributed by atoms with E-state index < -0.39 is 5.97 Å².